The van der Waals surface area contributed by atoms with Gasteiger partial charge in [0.15, 0.2) is 0 Å². The first-order valence-corrected chi connectivity index (χ1v) is 7.69. The molecule has 0 fully saturated rings. The molecule has 0 unspecified atom stereocenters. The van der Waals surface area contributed by atoms with Crippen LogP contribution in [0.2, 0.25) is 10.0 Å². The number of hydrogen-bond donors (Lipinski definition) is 1. The summed E-state index contributed by atoms with van der Waals surface area (Å²) in [4.78, 5) is 0.270. The van der Waals surface area contributed by atoms with Gasteiger partial charge >= 0.3 is 0 Å². The largest absolute Gasteiger partial charge is 0.488 e. The Hall–Kier alpha value is -0.880. The minimum atomic E-state index is -0.551. The second kappa shape index (κ2) is 6.92. The van der Waals surface area contributed by atoms with Crippen LogP contribution < -0.4 is 10.5 Å². The summed E-state index contributed by atoms with van der Waals surface area (Å²) in [5.41, 5.74) is 6.94. The summed E-state index contributed by atoms with van der Waals surface area (Å²) in [6, 6.07) is 7.83. The number of benzene rings is 2. The number of nitrogens with two attached hydrogens (primary N) is 1. The zero-order valence-electron chi connectivity index (χ0n) is 10.5. The van der Waals surface area contributed by atoms with Gasteiger partial charge in [0.1, 0.15) is 23.2 Å². The Morgan fingerprint density at radius 2 is 1.95 bits per heavy atom. The van der Waals surface area contributed by atoms with E-state index in [1.165, 1.54) is 12.1 Å². The molecule has 2 N–H and O–H groups in total. The van der Waals surface area contributed by atoms with E-state index in [2.05, 4.69) is 15.9 Å². The van der Waals surface area contributed by atoms with Gasteiger partial charge in [0.25, 0.3) is 0 Å². The summed E-state index contributed by atoms with van der Waals surface area (Å²) < 4.78 is 19.5. The lowest BCUT2D eigenvalue weighted by Gasteiger charge is -2.11. The maximum Gasteiger partial charge on any atom is 0.145 e. The van der Waals surface area contributed by atoms with Crippen molar-refractivity contribution in [2.45, 2.75) is 6.61 Å². The summed E-state index contributed by atoms with van der Waals surface area (Å²) in [5.74, 6) is -0.212. The molecule has 0 atom stereocenters. The standard InChI is InChI=1S/C14H9BrCl2FNOS/c15-9-4-11(17)12(18)5-13(9)20-6-8-2-1-7(14(19)21)3-10(8)16/h1-5H,6H2,(H2,19,21). The van der Waals surface area contributed by atoms with Gasteiger partial charge in [-0.2, -0.15) is 0 Å². The van der Waals surface area contributed by atoms with E-state index >= 15 is 0 Å². The number of rotatable bonds is 4. The zero-order valence-corrected chi connectivity index (χ0v) is 14.4. The van der Waals surface area contributed by atoms with Crippen molar-refractivity contribution >= 4 is 56.3 Å². The molecular weight excluding hydrogens is 400 g/mol. The van der Waals surface area contributed by atoms with Crippen LogP contribution in [0.15, 0.2) is 34.8 Å². The minimum absolute atomic E-state index is 0.0214. The van der Waals surface area contributed by atoms with Crippen LogP contribution in [-0.2, 0) is 6.61 Å². The molecule has 110 valence electrons. The van der Waals surface area contributed by atoms with Gasteiger partial charge in [-0.1, -0.05) is 47.6 Å². The Bertz CT molecular complexity index is 712. The highest BCUT2D eigenvalue weighted by molar-refractivity contribution is 9.10. The Labute approximate surface area is 145 Å². The quantitative estimate of drug-likeness (QED) is 0.564. The molecule has 0 spiro atoms. The summed E-state index contributed by atoms with van der Waals surface area (Å²) in [7, 11) is 0. The molecule has 21 heavy (non-hydrogen) atoms. The third kappa shape index (κ3) is 4.07. The topological polar surface area (TPSA) is 35.2 Å². The van der Waals surface area contributed by atoms with Gasteiger partial charge in [0, 0.05) is 22.2 Å². The Kier molecular flexibility index (Phi) is 5.43. The second-order valence-electron chi connectivity index (χ2n) is 4.16. The van der Waals surface area contributed by atoms with E-state index in [0.29, 0.717) is 20.8 Å². The molecule has 0 aliphatic carbocycles. The number of thiocarbonyl (C=S) groups is 1. The molecule has 0 aromatic heterocycles. The van der Waals surface area contributed by atoms with Crippen LogP contribution in [0, 0.1) is 5.82 Å². The molecular formula is C14H9BrCl2FNOS. The van der Waals surface area contributed by atoms with Crippen molar-refractivity contribution in [3.63, 3.8) is 0 Å². The molecule has 0 aliphatic heterocycles. The smallest absolute Gasteiger partial charge is 0.145 e. The molecule has 0 radical (unpaired) electrons. The molecule has 2 aromatic rings. The van der Waals surface area contributed by atoms with Gasteiger partial charge in [0.2, 0.25) is 0 Å². The zero-order chi connectivity index (χ0) is 15.6. The molecule has 0 saturated carbocycles. The van der Waals surface area contributed by atoms with Crippen molar-refractivity contribution in [2.24, 2.45) is 5.73 Å². The maximum atomic E-state index is 13.4. The van der Waals surface area contributed by atoms with Gasteiger partial charge in [-0.05, 0) is 28.1 Å². The van der Waals surface area contributed by atoms with Crippen LogP contribution in [0.4, 0.5) is 4.39 Å². The van der Waals surface area contributed by atoms with E-state index < -0.39 is 5.82 Å². The summed E-state index contributed by atoms with van der Waals surface area (Å²) in [5, 5.41) is 0.499. The summed E-state index contributed by atoms with van der Waals surface area (Å²) >= 11 is 19.9. The molecule has 2 nitrogen and oxygen atoms in total. The molecule has 2 rings (SSSR count). The average Bonchev–Trinajstić information content (AvgIpc) is 2.42. The van der Waals surface area contributed by atoms with E-state index in [1.807, 2.05) is 0 Å². The Balaban J connectivity index is 2.17. The fourth-order valence-electron chi connectivity index (χ4n) is 1.59. The molecule has 7 heteroatoms. The highest BCUT2D eigenvalue weighted by Crippen LogP contribution is 2.31. The van der Waals surface area contributed by atoms with Crippen LogP contribution in [0.25, 0.3) is 0 Å². The van der Waals surface area contributed by atoms with Crippen LogP contribution in [0.3, 0.4) is 0 Å². The number of halogens is 4. The fourth-order valence-corrected chi connectivity index (χ4v) is 2.70. The van der Waals surface area contributed by atoms with Crippen LogP contribution in [0.5, 0.6) is 5.75 Å². The van der Waals surface area contributed by atoms with Crippen molar-refractivity contribution in [3.05, 3.63) is 61.8 Å². The molecule has 0 amide bonds. The van der Waals surface area contributed by atoms with Gasteiger partial charge in [-0.15, -0.1) is 0 Å². The first-order chi connectivity index (χ1) is 9.88. The summed E-state index contributed by atoms with van der Waals surface area (Å²) in [6.45, 7) is 0.177. The first-order valence-electron chi connectivity index (χ1n) is 5.74. The summed E-state index contributed by atoms with van der Waals surface area (Å²) in [6.07, 6.45) is 0. The van der Waals surface area contributed by atoms with Gasteiger partial charge in [-0.3, -0.25) is 0 Å². The lowest BCUT2D eigenvalue weighted by atomic mass is 10.1. The van der Waals surface area contributed by atoms with Crippen molar-refractivity contribution < 1.29 is 9.13 Å². The lowest BCUT2D eigenvalue weighted by molar-refractivity contribution is 0.302. The normalized spacial score (nSPS) is 10.5. The third-order valence-corrected chi connectivity index (χ3v) is 4.19. The van der Waals surface area contributed by atoms with E-state index in [4.69, 9.17) is 45.9 Å². The highest BCUT2D eigenvalue weighted by Gasteiger charge is 2.10. The monoisotopic (exact) mass is 407 g/mol. The fraction of sp³-hybridized carbons (Fsp3) is 0.0714. The Morgan fingerprint density at radius 1 is 1.24 bits per heavy atom. The molecule has 0 aliphatic rings. The minimum Gasteiger partial charge on any atom is -0.488 e. The van der Waals surface area contributed by atoms with Crippen LogP contribution in [-0.4, -0.2) is 4.99 Å². The third-order valence-electron chi connectivity index (χ3n) is 2.70. The van der Waals surface area contributed by atoms with E-state index in [9.17, 15) is 4.39 Å². The lowest BCUT2D eigenvalue weighted by Crippen LogP contribution is -2.09. The second-order valence-corrected chi connectivity index (χ2v) is 6.26. The molecule has 2 aromatic carbocycles. The molecule has 0 heterocycles. The van der Waals surface area contributed by atoms with E-state index in [0.717, 1.165) is 5.56 Å². The van der Waals surface area contributed by atoms with Crippen molar-refractivity contribution in [2.75, 3.05) is 0 Å². The van der Waals surface area contributed by atoms with Gasteiger partial charge in [0.05, 0.1) is 9.50 Å². The van der Waals surface area contributed by atoms with Crippen molar-refractivity contribution in [1.29, 1.82) is 0 Å². The van der Waals surface area contributed by atoms with Crippen LogP contribution >= 0.6 is 51.3 Å². The van der Waals surface area contributed by atoms with E-state index in [1.54, 1.807) is 18.2 Å². The average molecular weight is 409 g/mol. The molecule has 0 bridgehead atoms. The van der Waals surface area contributed by atoms with Crippen molar-refractivity contribution in [1.82, 2.24) is 0 Å². The Morgan fingerprint density at radius 3 is 2.57 bits per heavy atom. The SMILES string of the molecule is NC(=S)c1ccc(COc2cc(F)c(Cl)cc2Br)c(Cl)c1. The van der Waals surface area contributed by atoms with Gasteiger partial charge in [-0.25, -0.2) is 4.39 Å². The maximum absolute atomic E-state index is 13.4. The molecule has 0 saturated heterocycles. The van der Waals surface area contributed by atoms with E-state index in [-0.39, 0.29) is 16.6 Å². The predicted molar refractivity (Wildman–Crippen MR) is 90.8 cm³/mol. The first kappa shape index (κ1) is 16.5. The highest BCUT2D eigenvalue weighted by atomic mass is 79.9. The number of ether oxygens (including phenoxy) is 1. The predicted octanol–water partition coefficient (Wildman–Crippen LogP) is 5.11. The van der Waals surface area contributed by atoms with Crippen LogP contribution in [0.1, 0.15) is 11.1 Å². The van der Waals surface area contributed by atoms with Gasteiger partial charge < -0.3 is 10.5 Å². The number of hydrogen-bond acceptors (Lipinski definition) is 2. The van der Waals surface area contributed by atoms with Crippen molar-refractivity contribution in [3.8, 4) is 5.75 Å².